The standard InChI is InChI=1S/C21H21ClN2O4S/c1-13-19(29-9-8-28-13)21(26)24-18-7-6-15(22)11-17(18)20(25)23-12-14-4-3-5-16(10-14)27-2/h3-7,10-11H,8-9,12H2,1-2H3,(H,23,25)(H,24,26). The number of rotatable bonds is 6. The van der Waals surface area contributed by atoms with Crippen molar-refractivity contribution in [2.24, 2.45) is 0 Å². The number of amides is 2. The maximum absolute atomic E-state index is 12.8. The van der Waals surface area contributed by atoms with Crippen molar-refractivity contribution in [2.45, 2.75) is 13.5 Å². The van der Waals surface area contributed by atoms with E-state index in [2.05, 4.69) is 10.6 Å². The van der Waals surface area contributed by atoms with E-state index in [0.717, 1.165) is 5.56 Å². The molecular weight excluding hydrogens is 412 g/mol. The minimum atomic E-state index is -0.344. The van der Waals surface area contributed by atoms with Crippen LogP contribution in [0.3, 0.4) is 0 Å². The molecule has 29 heavy (non-hydrogen) atoms. The zero-order valence-electron chi connectivity index (χ0n) is 16.1. The molecule has 0 unspecified atom stereocenters. The molecule has 8 heteroatoms. The highest BCUT2D eigenvalue weighted by molar-refractivity contribution is 8.04. The van der Waals surface area contributed by atoms with Gasteiger partial charge in [0.25, 0.3) is 11.8 Å². The SMILES string of the molecule is COc1cccc(CNC(=O)c2cc(Cl)ccc2NC(=O)C2=C(C)OCCS2)c1. The molecule has 0 radical (unpaired) electrons. The summed E-state index contributed by atoms with van der Waals surface area (Å²) in [5.41, 5.74) is 1.56. The van der Waals surface area contributed by atoms with Crippen molar-refractivity contribution in [3.63, 3.8) is 0 Å². The van der Waals surface area contributed by atoms with Gasteiger partial charge in [-0.3, -0.25) is 9.59 Å². The highest BCUT2D eigenvalue weighted by Gasteiger charge is 2.21. The fraction of sp³-hybridized carbons (Fsp3) is 0.238. The Bertz CT molecular complexity index is 961. The summed E-state index contributed by atoms with van der Waals surface area (Å²) in [6, 6.07) is 12.2. The first-order valence-electron chi connectivity index (χ1n) is 8.96. The molecule has 0 aromatic heterocycles. The van der Waals surface area contributed by atoms with Crippen LogP contribution in [-0.2, 0) is 16.1 Å². The number of ether oxygens (including phenoxy) is 2. The largest absolute Gasteiger partial charge is 0.497 e. The molecule has 2 N–H and O–H groups in total. The van der Waals surface area contributed by atoms with Gasteiger partial charge >= 0.3 is 0 Å². The minimum Gasteiger partial charge on any atom is -0.497 e. The Labute approximate surface area is 178 Å². The number of anilines is 1. The molecule has 1 aliphatic heterocycles. The summed E-state index contributed by atoms with van der Waals surface area (Å²) in [6.07, 6.45) is 0. The molecule has 3 rings (SSSR count). The summed E-state index contributed by atoms with van der Waals surface area (Å²) in [7, 11) is 1.59. The summed E-state index contributed by atoms with van der Waals surface area (Å²) in [4.78, 5) is 25.9. The van der Waals surface area contributed by atoms with Gasteiger partial charge in [-0.2, -0.15) is 0 Å². The smallest absolute Gasteiger partial charge is 0.265 e. The quantitative estimate of drug-likeness (QED) is 0.715. The monoisotopic (exact) mass is 432 g/mol. The summed E-state index contributed by atoms with van der Waals surface area (Å²) < 4.78 is 10.6. The van der Waals surface area contributed by atoms with Crippen molar-refractivity contribution in [1.29, 1.82) is 0 Å². The molecule has 0 atom stereocenters. The van der Waals surface area contributed by atoms with Crippen LogP contribution < -0.4 is 15.4 Å². The Morgan fingerprint density at radius 2 is 2.03 bits per heavy atom. The predicted octanol–water partition coefficient (Wildman–Crippen LogP) is 4.21. The number of methoxy groups -OCH3 is 1. The summed E-state index contributed by atoms with van der Waals surface area (Å²) in [5.74, 6) is 1.34. The number of halogens is 1. The van der Waals surface area contributed by atoms with Gasteiger partial charge < -0.3 is 20.1 Å². The number of benzene rings is 2. The second-order valence-electron chi connectivity index (χ2n) is 6.26. The minimum absolute atomic E-state index is 0.286. The van der Waals surface area contributed by atoms with Gasteiger partial charge in [-0.15, -0.1) is 11.8 Å². The second kappa shape index (κ2) is 9.71. The third kappa shape index (κ3) is 5.46. The second-order valence-corrected chi connectivity index (χ2v) is 7.80. The van der Waals surface area contributed by atoms with Crippen LogP contribution in [0.25, 0.3) is 0 Å². The third-order valence-electron chi connectivity index (χ3n) is 4.24. The van der Waals surface area contributed by atoms with E-state index in [4.69, 9.17) is 21.1 Å². The lowest BCUT2D eigenvalue weighted by atomic mass is 10.1. The van der Waals surface area contributed by atoms with Crippen LogP contribution in [-0.4, -0.2) is 31.3 Å². The van der Waals surface area contributed by atoms with Crippen molar-refractivity contribution in [1.82, 2.24) is 5.32 Å². The van der Waals surface area contributed by atoms with Gasteiger partial charge in [0.2, 0.25) is 0 Å². The molecule has 0 saturated heterocycles. The van der Waals surface area contributed by atoms with E-state index in [-0.39, 0.29) is 17.4 Å². The Morgan fingerprint density at radius 3 is 2.79 bits per heavy atom. The summed E-state index contributed by atoms with van der Waals surface area (Å²) in [6.45, 7) is 2.64. The van der Waals surface area contributed by atoms with Gasteiger partial charge in [-0.1, -0.05) is 23.7 Å². The number of nitrogens with one attached hydrogen (secondary N) is 2. The molecule has 2 amide bonds. The number of carbonyl (C=O) groups excluding carboxylic acids is 2. The maximum Gasteiger partial charge on any atom is 0.265 e. The van der Waals surface area contributed by atoms with Gasteiger partial charge in [0.05, 0.1) is 25.0 Å². The Hall–Kier alpha value is -2.64. The third-order valence-corrected chi connectivity index (χ3v) is 5.60. The van der Waals surface area contributed by atoms with Crippen LogP contribution >= 0.6 is 23.4 Å². The Morgan fingerprint density at radius 1 is 1.21 bits per heavy atom. The first-order chi connectivity index (χ1) is 14.0. The van der Waals surface area contributed by atoms with E-state index in [0.29, 0.717) is 46.0 Å². The molecule has 6 nitrogen and oxygen atoms in total. The van der Waals surface area contributed by atoms with E-state index in [1.807, 2.05) is 24.3 Å². The van der Waals surface area contributed by atoms with Crippen molar-refractivity contribution in [3.8, 4) is 5.75 Å². The van der Waals surface area contributed by atoms with Gasteiger partial charge in [0, 0.05) is 17.3 Å². The van der Waals surface area contributed by atoms with Crippen LogP contribution in [0.2, 0.25) is 5.02 Å². The summed E-state index contributed by atoms with van der Waals surface area (Å²) in [5, 5.41) is 6.05. The highest BCUT2D eigenvalue weighted by atomic mass is 35.5. The molecule has 0 fully saturated rings. The first kappa shape index (κ1) is 21.1. The van der Waals surface area contributed by atoms with Crippen LogP contribution in [0, 0.1) is 0 Å². The average Bonchev–Trinajstić information content (AvgIpc) is 2.73. The topological polar surface area (TPSA) is 76.7 Å². The Kier molecular flexibility index (Phi) is 7.06. The van der Waals surface area contributed by atoms with E-state index in [1.54, 1.807) is 26.2 Å². The molecule has 1 aliphatic rings. The number of hydrogen-bond acceptors (Lipinski definition) is 5. The molecule has 0 aliphatic carbocycles. The number of allylic oxidation sites excluding steroid dienone is 1. The molecule has 0 spiro atoms. The molecular formula is C21H21ClN2O4S. The lowest BCUT2D eigenvalue weighted by Crippen LogP contribution is -2.25. The summed E-state index contributed by atoms with van der Waals surface area (Å²) >= 11 is 7.51. The molecule has 2 aromatic rings. The first-order valence-corrected chi connectivity index (χ1v) is 10.3. The van der Waals surface area contributed by atoms with Crippen molar-refractivity contribution in [2.75, 3.05) is 24.8 Å². The fourth-order valence-electron chi connectivity index (χ4n) is 2.78. The number of carbonyl (C=O) groups is 2. The van der Waals surface area contributed by atoms with Crippen molar-refractivity contribution in [3.05, 3.63) is 69.3 Å². The van der Waals surface area contributed by atoms with Gasteiger partial charge in [0.1, 0.15) is 16.4 Å². The maximum atomic E-state index is 12.8. The highest BCUT2D eigenvalue weighted by Crippen LogP contribution is 2.28. The molecule has 0 bridgehead atoms. The predicted molar refractivity (Wildman–Crippen MR) is 115 cm³/mol. The molecule has 2 aromatic carbocycles. The van der Waals surface area contributed by atoms with E-state index in [1.165, 1.54) is 17.8 Å². The fourth-order valence-corrected chi connectivity index (χ4v) is 3.77. The normalized spacial score (nSPS) is 13.5. The number of thioether (sulfide) groups is 1. The number of hydrogen-bond donors (Lipinski definition) is 2. The van der Waals surface area contributed by atoms with E-state index >= 15 is 0 Å². The van der Waals surface area contributed by atoms with Crippen LogP contribution in [0.1, 0.15) is 22.8 Å². The zero-order valence-corrected chi connectivity index (χ0v) is 17.7. The Balaban J connectivity index is 1.75. The molecule has 0 saturated carbocycles. The van der Waals surface area contributed by atoms with E-state index in [9.17, 15) is 9.59 Å². The lowest BCUT2D eigenvalue weighted by Gasteiger charge is -2.18. The van der Waals surface area contributed by atoms with Crippen LogP contribution in [0.4, 0.5) is 5.69 Å². The van der Waals surface area contributed by atoms with Crippen molar-refractivity contribution < 1.29 is 19.1 Å². The van der Waals surface area contributed by atoms with Crippen LogP contribution in [0.5, 0.6) is 5.75 Å². The molecule has 152 valence electrons. The van der Waals surface area contributed by atoms with E-state index < -0.39 is 0 Å². The van der Waals surface area contributed by atoms with Crippen molar-refractivity contribution >= 4 is 40.9 Å². The van der Waals surface area contributed by atoms with Gasteiger partial charge in [-0.25, -0.2) is 0 Å². The molecule has 1 heterocycles. The zero-order chi connectivity index (χ0) is 20.8. The average molecular weight is 433 g/mol. The lowest BCUT2D eigenvalue weighted by molar-refractivity contribution is -0.112. The van der Waals surface area contributed by atoms with Crippen LogP contribution in [0.15, 0.2) is 53.1 Å². The van der Waals surface area contributed by atoms with Gasteiger partial charge in [-0.05, 0) is 42.8 Å². The van der Waals surface area contributed by atoms with Gasteiger partial charge in [0.15, 0.2) is 0 Å².